The highest BCUT2D eigenvalue weighted by molar-refractivity contribution is 5.93. The highest BCUT2D eigenvalue weighted by Crippen LogP contribution is 2.25. The Morgan fingerprint density at radius 3 is 2.81 bits per heavy atom. The van der Waals surface area contributed by atoms with Crippen LogP contribution in [0, 0.1) is 0 Å². The number of carboxylic acid groups (broad SMARTS) is 1. The minimum Gasteiger partial charge on any atom is -0.477 e. The SMILES string of the molecule is CC(=O)N1CCCc2ccc(C(=O)O)nc21. The summed E-state index contributed by atoms with van der Waals surface area (Å²) in [6.07, 6.45) is 1.73. The summed E-state index contributed by atoms with van der Waals surface area (Å²) in [5.74, 6) is -0.675. The molecule has 5 nitrogen and oxygen atoms in total. The monoisotopic (exact) mass is 220 g/mol. The van der Waals surface area contributed by atoms with Crippen molar-refractivity contribution in [3.05, 3.63) is 23.4 Å². The predicted octanol–water partition coefficient (Wildman–Crippen LogP) is 1.08. The lowest BCUT2D eigenvalue weighted by Gasteiger charge is -2.27. The first-order chi connectivity index (χ1) is 7.59. The van der Waals surface area contributed by atoms with Crippen LogP contribution in [0.2, 0.25) is 0 Å². The van der Waals surface area contributed by atoms with Crippen LogP contribution >= 0.6 is 0 Å². The first kappa shape index (κ1) is 10.6. The van der Waals surface area contributed by atoms with E-state index in [4.69, 9.17) is 5.11 Å². The maximum absolute atomic E-state index is 11.4. The van der Waals surface area contributed by atoms with Gasteiger partial charge >= 0.3 is 5.97 Å². The molecule has 0 saturated heterocycles. The molecule has 84 valence electrons. The summed E-state index contributed by atoms with van der Waals surface area (Å²) in [4.78, 5) is 27.7. The number of aromatic carboxylic acids is 1. The van der Waals surface area contributed by atoms with Crippen LogP contribution in [0.25, 0.3) is 0 Å². The number of carboxylic acids is 1. The van der Waals surface area contributed by atoms with E-state index in [1.54, 1.807) is 6.07 Å². The number of amides is 1. The van der Waals surface area contributed by atoms with Crippen molar-refractivity contribution in [2.75, 3.05) is 11.4 Å². The molecule has 2 heterocycles. The Morgan fingerprint density at radius 2 is 2.19 bits per heavy atom. The number of carbonyl (C=O) groups is 2. The van der Waals surface area contributed by atoms with E-state index < -0.39 is 5.97 Å². The fourth-order valence-electron chi connectivity index (χ4n) is 1.87. The molecule has 0 bridgehead atoms. The van der Waals surface area contributed by atoms with E-state index >= 15 is 0 Å². The summed E-state index contributed by atoms with van der Waals surface area (Å²) in [7, 11) is 0. The number of aryl methyl sites for hydroxylation is 1. The first-order valence-electron chi connectivity index (χ1n) is 5.11. The molecule has 16 heavy (non-hydrogen) atoms. The van der Waals surface area contributed by atoms with Gasteiger partial charge in [0.25, 0.3) is 0 Å². The third-order valence-corrected chi connectivity index (χ3v) is 2.64. The third-order valence-electron chi connectivity index (χ3n) is 2.64. The molecule has 0 atom stereocenters. The molecular formula is C11H12N2O3. The van der Waals surface area contributed by atoms with Gasteiger partial charge in [-0.1, -0.05) is 6.07 Å². The lowest BCUT2D eigenvalue weighted by molar-refractivity contribution is -0.116. The van der Waals surface area contributed by atoms with Gasteiger partial charge in [0.2, 0.25) is 5.91 Å². The molecule has 0 spiro atoms. The summed E-state index contributed by atoms with van der Waals surface area (Å²) in [5.41, 5.74) is 0.915. The van der Waals surface area contributed by atoms with E-state index in [0.717, 1.165) is 18.4 Å². The number of anilines is 1. The largest absolute Gasteiger partial charge is 0.477 e. The molecule has 0 saturated carbocycles. The van der Waals surface area contributed by atoms with Crippen LogP contribution in [-0.2, 0) is 11.2 Å². The average molecular weight is 220 g/mol. The van der Waals surface area contributed by atoms with Gasteiger partial charge in [-0.05, 0) is 24.5 Å². The maximum atomic E-state index is 11.4. The molecule has 1 aliphatic rings. The van der Waals surface area contributed by atoms with Crippen molar-refractivity contribution >= 4 is 17.7 Å². The fraction of sp³-hybridized carbons (Fsp3) is 0.364. The molecule has 5 heteroatoms. The second-order valence-electron chi connectivity index (χ2n) is 3.76. The van der Waals surface area contributed by atoms with Crippen molar-refractivity contribution in [1.29, 1.82) is 0 Å². The molecular weight excluding hydrogens is 208 g/mol. The summed E-state index contributed by atoms with van der Waals surface area (Å²) in [6, 6.07) is 3.21. The van der Waals surface area contributed by atoms with Crippen molar-refractivity contribution in [1.82, 2.24) is 4.98 Å². The minimum absolute atomic E-state index is 0.0214. The Morgan fingerprint density at radius 1 is 1.44 bits per heavy atom. The molecule has 0 radical (unpaired) electrons. The van der Waals surface area contributed by atoms with Crippen LogP contribution in [0.1, 0.15) is 29.4 Å². The van der Waals surface area contributed by atoms with Gasteiger partial charge in [-0.15, -0.1) is 0 Å². The van der Waals surface area contributed by atoms with Gasteiger partial charge in [0, 0.05) is 13.5 Å². The quantitative estimate of drug-likeness (QED) is 0.768. The Labute approximate surface area is 92.7 Å². The average Bonchev–Trinajstić information content (AvgIpc) is 2.27. The predicted molar refractivity (Wildman–Crippen MR) is 57.5 cm³/mol. The van der Waals surface area contributed by atoms with Gasteiger partial charge in [-0.2, -0.15) is 0 Å². The topological polar surface area (TPSA) is 70.5 Å². The fourth-order valence-corrected chi connectivity index (χ4v) is 1.87. The molecule has 1 amide bonds. The second-order valence-corrected chi connectivity index (χ2v) is 3.76. The number of hydrogen-bond donors (Lipinski definition) is 1. The molecule has 1 N–H and O–H groups in total. The zero-order valence-corrected chi connectivity index (χ0v) is 8.93. The molecule has 0 fully saturated rings. The number of aromatic nitrogens is 1. The van der Waals surface area contributed by atoms with Gasteiger partial charge in [0.05, 0.1) is 0 Å². The zero-order chi connectivity index (χ0) is 11.7. The summed E-state index contributed by atoms with van der Waals surface area (Å²) >= 11 is 0. The van der Waals surface area contributed by atoms with Crippen LogP contribution in [-0.4, -0.2) is 28.5 Å². The normalized spacial score (nSPS) is 14.4. The van der Waals surface area contributed by atoms with Gasteiger partial charge in [-0.25, -0.2) is 9.78 Å². The Hall–Kier alpha value is -1.91. The number of hydrogen-bond acceptors (Lipinski definition) is 3. The van der Waals surface area contributed by atoms with E-state index in [9.17, 15) is 9.59 Å². The van der Waals surface area contributed by atoms with E-state index in [-0.39, 0.29) is 11.6 Å². The molecule has 1 aromatic heterocycles. The van der Waals surface area contributed by atoms with Crippen LogP contribution in [0.15, 0.2) is 12.1 Å². The summed E-state index contributed by atoms with van der Waals surface area (Å²) < 4.78 is 0. The second kappa shape index (κ2) is 3.92. The molecule has 0 aliphatic carbocycles. The zero-order valence-electron chi connectivity index (χ0n) is 8.93. The summed E-state index contributed by atoms with van der Waals surface area (Å²) in [5, 5.41) is 8.85. The van der Waals surface area contributed by atoms with Crippen LogP contribution in [0.4, 0.5) is 5.82 Å². The van der Waals surface area contributed by atoms with Gasteiger partial charge < -0.3 is 5.11 Å². The van der Waals surface area contributed by atoms with E-state index in [1.165, 1.54) is 17.9 Å². The van der Waals surface area contributed by atoms with Crippen LogP contribution in [0.5, 0.6) is 0 Å². The Balaban J connectivity index is 2.48. The Bertz CT molecular complexity index is 457. The number of rotatable bonds is 1. The van der Waals surface area contributed by atoms with E-state index in [1.807, 2.05) is 0 Å². The number of nitrogens with zero attached hydrogens (tertiary/aromatic N) is 2. The van der Waals surface area contributed by atoms with Crippen molar-refractivity contribution in [2.45, 2.75) is 19.8 Å². The molecule has 2 rings (SSSR count). The summed E-state index contributed by atoms with van der Waals surface area (Å²) in [6.45, 7) is 2.07. The van der Waals surface area contributed by atoms with Gasteiger partial charge in [0.15, 0.2) is 5.69 Å². The smallest absolute Gasteiger partial charge is 0.354 e. The first-order valence-corrected chi connectivity index (χ1v) is 5.11. The van der Waals surface area contributed by atoms with Crippen molar-refractivity contribution in [2.24, 2.45) is 0 Å². The van der Waals surface area contributed by atoms with Gasteiger partial charge in [-0.3, -0.25) is 9.69 Å². The van der Waals surface area contributed by atoms with Crippen LogP contribution in [0.3, 0.4) is 0 Å². The van der Waals surface area contributed by atoms with Crippen molar-refractivity contribution in [3.63, 3.8) is 0 Å². The van der Waals surface area contributed by atoms with E-state index in [0.29, 0.717) is 12.4 Å². The van der Waals surface area contributed by atoms with Gasteiger partial charge in [0.1, 0.15) is 5.82 Å². The van der Waals surface area contributed by atoms with Crippen LogP contribution < -0.4 is 4.90 Å². The number of fused-ring (bicyclic) bond motifs is 1. The lowest BCUT2D eigenvalue weighted by Crippen LogP contribution is -2.34. The molecule has 0 aromatic carbocycles. The van der Waals surface area contributed by atoms with E-state index in [2.05, 4.69) is 4.98 Å². The third kappa shape index (κ3) is 1.76. The number of pyridine rings is 1. The van der Waals surface area contributed by atoms with Crippen molar-refractivity contribution in [3.8, 4) is 0 Å². The standard InChI is InChI=1S/C11H12N2O3/c1-7(14)13-6-2-3-8-4-5-9(11(15)16)12-10(8)13/h4-5H,2-3,6H2,1H3,(H,15,16). The number of carbonyl (C=O) groups excluding carboxylic acids is 1. The minimum atomic E-state index is -1.07. The lowest BCUT2D eigenvalue weighted by atomic mass is 10.1. The van der Waals surface area contributed by atoms with Crippen molar-refractivity contribution < 1.29 is 14.7 Å². The molecule has 1 aromatic rings. The molecule has 1 aliphatic heterocycles. The highest BCUT2D eigenvalue weighted by Gasteiger charge is 2.22. The highest BCUT2D eigenvalue weighted by atomic mass is 16.4. The molecule has 0 unspecified atom stereocenters. The Kier molecular flexibility index (Phi) is 2.60. The maximum Gasteiger partial charge on any atom is 0.354 e.